The van der Waals surface area contributed by atoms with Gasteiger partial charge in [-0.15, -0.1) is 6.58 Å². The van der Waals surface area contributed by atoms with Gasteiger partial charge in [-0.25, -0.2) is 0 Å². The fourth-order valence-corrected chi connectivity index (χ4v) is 2.13. The first kappa shape index (κ1) is 11.2. The first-order chi connectivity index (χ1) is 7.79. The molecule has 1 aromatic carbocycles. The van der Waals surface area contributed by atoms with Crippen LogP contribution in [0.25, 0.3) is 0 Å². The maximum Gasteiger partial charge on any atom is 0.120 e. The Morgan fingerprint density at radius 3 is 2.81 bits per heavy atom. The fraction of sp³-hybridized carbons (Fsp3) is 0.429. The third-order valence-corrected chi connectivity index (χ3v) is 3.10. The van der Waals surface area contributed by atoms with Crippen LogP contribution in [0.1, 0.15) is 37.3 Å². The van der Waals surface area contributed by atoms with Gasteiger partial charge in [0, 0.05) is 6.04 Å². The number of ether oxygens (including phenoxy) is 1. The van der Waals surface area contributed by atoms with Gasteiger partial charge < -0.3 is 10.5 Å². The summed E-state index contributed by atoms with van der Waals surface area (Å²) in [7, 11) is 0. The molecule has 0 radical (unpaired) electrons. The Labute approximate surface area is 97.1 Å². The zero-order valence-electron chi connectivity index (χ0n) is 9.56. The fourth-order valence-electron chi connectivity index (χ4n) is 2.13. The number of nitrogens with two attached hydrogens (primary N) is 1. The lowest BCUT2D eigenvalue weighted by molar-refractivity contribution is 0.210. The number of hydrogen-bond donors (Lipinski definition) is 1. The van der Waals surface area contributed by atoms with E-state index in [0.717, 1.165) is 11.3 Å². The highest BCUT2D eigenvalue weighted by Crippen LogP contribution is 2.25. The van der Waals surface area contributed by atoms with Crippen LogP contribution in [0.15, 0.2) is 36.9 Å². The summed E-state index contributed by atoms with van der Waals surface area (Å²) < 4.78 is 5.92. The molecule has 86 valence electrons. The van der Waals surface area contributed by atoms with Crippen molar-refractivity contribution in [2.45, 2.75) is 37.8 Å². The van der Waals surface area contributed by atoms with Gasteiger partial charge in [0.25, 0.3) is 0 Å². The molecule has 0 heterocycles. The topological polar surface area (TPSA) is 35.2 Å². The summed E-state index contributed by atoms with van der Waals surface area (Å²) in [5.74, 6) is 0.932. The minimum atomic E-state index is -0.105. The second-order valence-electron chi connectivity index (χ2n) is 4.36. The van der Waals surface area contributed by atoms with Crippen LogP contribution in [0.2, 0.25) is 0 Å². The van der Waals surface area contributed by atoms with E-state index < -0.39 is 0 Å². The molecule has 0 saturated heterocycles. The van der Waals surface area contributed by atoms with Gasteiger partial charge in [-0.3, -0.25) is 0 Å². The lowest BCUT2D eigenvalue weighted by Crippen LogP contribution is -2.12. The van der Waals surface area contributed by atoms with Crippen LogP contribution < -0.4 is 10.5 Å². The van der Waals surface area contributed by atoms with E-state index in [2.05, 4.69) is 6.58 Å². The average Bonchev–Trinajstić information content (AvgIpc) is 2.81. The maximum atomic E-state index is 5.92. The Hall–Kier alpha value is -1.28. The van der Waals surface area contributed by atoms with Crippen LogP contribution in [0.5, 0.6) is 5.75 Å². The Morgan fingerprint density at radius 1 is 1.38 bits per heavy atom. The van der Waals surface area contributed by atoms with Crippen molar-refractivity contribution in [3.05, 3.63) is 42.5 Å². The van der Waals surface area contributed by atoms with E-state index in [9.17, 15) is 0 Å². The van der Waals surface area contributed by atoms with Crippen molar-refractivity contribution in [1.29, 1.82) is 0 Å². The van der Waals surface area contributed by atoms with Crippen LogP contribution in [0, 0.1) is 0 Å². The third-order valence-electron chi connectivity index (χ3n) is 3.10. The highest BCUT2D eigenvalue weighted by atomic mass is 16.5. The van der Waals surface area contributed by atoms with Crippen LogP contribution in [-0.2, 0) is 0 Å². The number of benzene rings is 1. The Kier molecular flexibility index (Phi) is 3.62. The molecule has 1 aliphatic rings. The van der Waals surface area contributed by atoms with Gasteiger partial charge in [-0.05, 0) is 43.4 Å². The highest BCUT2D eigenvalue weighted by molar-refractivity contribution is 5.32. The summed E-state index contributed by atoms with van der Waals surface area (Å²) in [6.45, 7) is 3.70. The second kappa shape index (κ2) is 5.17. The summed E-state index contributed by atoms with van der Waals surface area (Å²) in [4.78, 5) is 0. The molecule has 0 spiro atoms. The van der Waals surface area contributed by atoms with Crippen molar-refractivity contribution in [2.75, 3.05) is 0 Å². The van der Waals surface area contributed by atoms with Crippen molar-refractivity contribution in [1.82, 2.24) is 0 Å². The molecular weight excluding hydrogens is 198 g/mol. The van der Waals surface area contributed by atoms with Crippen molar-refractivity contribution in [3.63, 3.8) is 0 Å². The van der Waals surface area contributed by atoms with Gasteiger partial charge in [0.1, 0.15) is 5.75 Å². The van der Waals surface area contributed by atoms with Gasteiger partial charge in [0.2, 0.25) is 0 Å². The molecule has 0 unspecified atom stereocenters. The predicted molar refractivity (Wildman–Crippen MR) is 66.5 cm³/mol. The monoisotopic (exact) mass is 217 g/mol. The number of rotatable bonds is 4. The Balaban J connectivity index is 2.06. The van der Waals surface area contributed by atoms with Crippen molar-refractivity contribution in [3.8, 4) is 5.75 Å². The smallest absolute Gasteiger partial charge is 0.120 e. The van der Waals surface area contributed by atoms with Crippen LogP contribution in [0.4, 0.5) is 0 Å². The standard InChI is InChI=1S/C14H19NO/c1-2-14(15)11-6-5-9-13(10-11)16-12-7-3-4-8-12/h2,5-6,9-10,12,14H,1,3-4,7-8,15H2/t14-/m0/s1. The Bertz CT molecular complexity index is 356. The predicted octanol–water partition coefficient (Wildman–Crippen LogP) is 3.19. The number of hydrogen-bond acceptors (Lipinski definition) is 2. The third kappa shape index (κ3) is 2.64. The van der Waals surface area contributed by atoms with Crippen LogP contribution in [0.3, 0.4) is 0 Å². The van der Waals surface area contributed by atoms with Crippen molar-refractivity contribution >= 4 is 0 Å². The molecule has 2 heteroatoms. The summed E-state index contributed by atoms with van der Waals surface area (Å²) in [5.41, 5.74) is 6.96. The molecule has 1 fully saturated rings. The van der Waals surface area contributed by atoms with E-state index in [1.165, 1.54) is 25.7 Å². The minimum Gasteiger partial charge on any atom is -0.490 e. The van der Waals surface area contributed by atoms with Crippen LogP contribution in [-0.4, -0.2) is 6.10 Å². The lowest BCUT2D eigenvalue weighted by Gasteiger charge is -2.14. The van der Waals surface area contributed by atoms with E-state index in [4.69, 9.17) is 10.5 Å². The van der Waals surface area contributed by atoms with E-state index in [1.807, 2.05) is 24.3 Å². The SMILES string of the molecule is C=C[C@H](N)c1cccc(OC2CCCC2)c1. The van der Waals surface area contributed by atoms with Gasteiger partial charge in [-0.2, -0.15) is 0 Å². The molecule has 1 atom stereocenters. The molecule has 16 heavy (non-hydrogen) atoms. The van der Waals surface area contributed by atoms with Gasteiger partial charge in [0.05, 0.1) is 6.10 Å². The summed E-state index contributed by atoms with van der Waals surface area (Å²) in [6, 6.07) is 7.91. The van der Waals surface area contributed by atoms with E-state index >= 15 is 0 Å². The summed E-state index contributed by atoms with van der Waals surface area (Å²) in [5, 5.41) is 0. The molecule has 2 nitrogen and oxygen atoms in total. The van der Waals surface area contributed by atoms with E-state index in [0.29, 0.717) is 6.10 Å². The molecular formula is C14H19NO. The van der Waals surface area contributed by atoms with E-state index in [-0.39, 0.29) is 6.04 Å². The zero-order chi connectivity index (χ0) is 11.4. The molecule has 2 rings (SSSR count). The molecule has 0 aliphatic heterocycles. The van der Waals surface area contributed by atoms with Crippen molar-refractivity contribution < 1.29 is 4.74 Å². The molecule has 1 aromatic rings. The first-order valence-corrected chi connectivity index (χ1v) is 5.94. The lowest BCUT2D eigenvalue weighted by atomic mass is 10.1. The highest BCUT2D eigenvalue weighted by Gasteiger charge is 2.16. The summed E-state index contributed by atoms with van der Waals surface area (Å²) >= 11 is 0. The van der Waals surface area contributed by atoms with Crippen molar-refractivity contribution in [2.24, 2.45) is 5.73 Å². The van der Waals surface area contributed by atoms with Crippen LogP contribution >= 0.6 is 0 Å². The Morgan fingerprint density at radius 2 is 2.12 bits per heavy atom. The molecule has 0 aromatic heterocycles. The maximum absolute atomic E-state index is 5.92. The molecule has 1 aliphatic carbocycles. The molecule has 0 amide bonds. The normalized spacial score (nSPS) is 18.3. The van der Waals surface area contributed by atoms with Gasteiger partial charge in [-0.1, -0.05) is 18.2 Å². The minimum absolute atomic E-state index is 0.105. The first-order valence-electron chi connectivity index (χ1n) is 5.94. The van der Waals surface area contributed by atoms with Gasteiger partial charge in [0.15, 0.2) is 0 Å². The zero-order valence-corrected chi connectivity index (χ0v) is 9.56. The van der Waals surface area contributed by atoms with E-state index in [1.54, 1.807) is 6.08 Å². The largest absolute Gasteiger partial charge is 0.490 e. The quantitative estimate of drug-likeness (QED) is 0.786. The average molecular weight is 217 g/mol. The molecule has 0 bridgehead atoms. The molecule has 2 N–H and O–H groups in total. The van der Waals surface area contributed by atoms with Gasteiger partial charge >= 0.3 is 0 Å². The summed E-state index contributed by atoms with van der Waals surface area (Å²) in [6.07, 6.45) is 7.08. The second-order valence-corrected chi connectivity index (χ2v) is 4.36. The molecule has 1 saturated carbocycles.